The number of hydrogen-bond donors (Lipinski definition) is 0. The van der Waals surface area contributed by atoms with Crippen molar-refractivity contribution >= 4 is 0 Å². The van der Waals surface area contributed by atoms with Gasteiger partial charge in [0.1, 0.15) is 24.4 Å². The van der Waals surface area contributed by atoms with Crippen LogP contribution in [-0.2, 0) is 37.9 Å². The SMILES string of the molecule is C=COC1C2OC(C(F)(F)F)(C(F)(F)F)C3C[C@@H]1C[C@@H]23.C=COC1C2OC(C(F)(F)F)(C(F)(F)F)C3C[C@H]1C[C@H]23.C=COC1C2[C@@H]3C[C@H]1CC3OC2(C(F)(F)F)C(F)(F)F.C=COC1C2[C@H]3C[C@@H]1CC3OC2(C(F)(F)F)C(F)(F)F. The van der Waals surface area contributed by atoms with E-state index in [9.17, 15) is 105 Å². The van der Waals surface area contributed by atoms with Gasteiger partial charge < -0.3 is 37.9 Å². The van der Waals surface area contributed by atoms with E-state index in [4.69, 9.17) is 18.9 Å². The first kappa shape index (κ1) is 60.9. The van der Waals surface area contributed by atoms with Gasteiger partial charge >= 0.3 is 49.4 Å². The summed E-state index contributed by atoms with van der Waals surface area (Å²) in [5.74, 6) is -11.0. The van der Waals surface area contributed by atoms with Crippen molar-refractivity contribution in [1.29, 1.82) is 0 Å². The van der Waals surface area contributed by atoms with Gasteiger partial charge in [0.25, 0.3) is 22.4 Å². The molecule has 0 N–H and O–H groups in total. The monoisotopic (exact) mass is 1210 g/mol. The highest BCUT2D eigenvalue weighted by atomic mass is 19.4. The van der Waals surface area contributed by atoms with Crippen molar-refractivity contribution in [2.24, 2.45) is 71.0 Å². The highest BCUT2D eigenvalue weighted by Crippen LogP contribution is 2.72. The number of alkyl halides is 24. The van der Waals surface area contributed by atoms with Gasteiger partial charge in [-0.1, -0.05) is 26.3 Å². The minimum atomic E-state index is -5.52. The van der Waals surface area contributed by atoms with E-state index in [0.717, 1.165) is 25.0 Å². The Kier molecular flexibility index (Phi) is 14.4. The summed E-state index contributed by atoms with van der Waals surface area (Å²) in [6.07, 6.45) is -47.1. The highest BCUT2D eigenvalue weighted by molar-refractivity contribution is 5.23. The normalized spacial score (nSPS) is 42.0. The molecule has 456 valence electrons. The molecule has 12 aliphatic rings. The van der Waals surface area contributed by atoms with E-state index in [1.165, 1.54) is 0 Å². The molecule has 0 spiro atoms. The van der Waals surface area contributed by atoms with Crippen LogP contribution in [0.25, 0.3) is 0 Å². The van der Waals surface area contributed by atoms with Crippen molar-refractivity contribution in [2.75, 3.05) is 0 Å². The number of halogens is 24. The Hall–Kier alpha value is -3.68. The van der Waals surface area contributed by atoms with Crippen molar-refractivity contribution in [3.63, 3.8) is 0 Å². The molecule has 12 fully saturated rings. The fourth-order valence-corrected chi connectivity index (χ4v) is 16.8. The van der Waals surface area contributed by atoms with E-state index in [0.29, 0.717) is 0 Å². The van der Waals surface area contributed by atoms with Gasteiger partial charge in [-0.15, -0.1) is 0 Å². The van der Waals surface area contributed by atoms with Gasteiger partial charge in [0.2, 0.25) is 0 Å². The van der Waals surface area contributed by atoms with Gasteiger partial charge in [0.05, 0.1) is 49.5 Å². The molecule has 8 bridgehead atoms. The first-order valence-electron chi connectivity index (χ1n) is 24.8. The van der Waals surface area contributed by atoms with Gasteiger partial charge in [-0.3, -0.25) is 0 Å². The maximum atomic E-state index is 13.2. The van der Waals surface area contributed by atoms with Crippen LogP contribution >= 0.6 is 0 Å². The second-order valence-corrected chi connectivity index (χ2v) is 22.3. The molecule has 20 atom stereocenters. The van der Waals surface area contributed by atoms with Crippen LogP contribution in [0.5, 0.6) is 0 Å². The molecule has 0 radical (unpaired) electrons. The zero-order chi connectivity index (χ0) is 59.7. The molecule has 0 amide bonds. The van der Waals surface area contributed by atoms with Gasteiger partial charge in [-0.25, -0.2) is 0 Å². The first-order chi connectivity index (χ1) is 36.5. The Morgan fingerprint density at radius 2 is 0.537 bits per heavy atom. The smallest absolute Gasteiger partial charge is 0.426 e. The van der Waals surface area contributed by atoms with Crippen LogP contribution in [0.4, 0.5) is 105 Å². The van der Waals surface area contributed by atoms with Crippen LogP contribution in [0.1, 0.15) is 51.4 Å². The summed E-state index contributed by atoms with van der Waals surface area (Å²) in [6, 6.07) is 0. The van der Waals surface area contributed by atoms with Gasteiger partial charge in [0, 0.05) is 23.7 Å². The van der Waals surface area contributed by atoms with E-state index < -0.39 is 168 Å². The topological polar surface area (TPSA) is 73.8 Å². The molecule has 80 heavy (non-hydrogen) atoms. The largest absolute Gasteiger partial charge is 0.498 e. The highest BCUT2D eigenvalue weighted by Gasteiger charge is 2.89. The van der Waals surface area contributed by atoms with Crippen molar-refractivity contribution in [3.05, 3.63) is 51.4 Å². The number of fused-ring (bicyclic) bond motifs is 4. The third-order valence-corrected chi connectivity index (χ3v) is 19.1. The molecule has 8 saturated carbocycles. The lowest BCUT2D eigenvalue weighted by molar-refractivity contribution is -0.387. The Morgan fingerprint density at radius 3 is 0.787 bits per heavy atom. The average molecular weight is 1210 g/mol. The number of hydrogen-bond acceptors (Lipinski definition) is 8. The molecule has 12 rings (SSSR count). The number of rotatable bonds is 8. The van der Waals surface area contributed by atoms with Crippen molar-refractivity contribution < 1.29 is 143 Å². The maximum absolute atomic E-state index is 13.2. The molecule has 4 aliphatic heterocycles. The zero-order valence-corrected chi connectivity index (χ0v) is 40.7. The molecule has 12 unspecified atom stereocenters. The fraction of sp³-hybridized carbons (Fsp3) is 0.833. The third kappa shape index (κ3) is 8.23. The molecule has 0 aromatic heterocycles. The van der Waals surface area contributed by atoms with Crippen LogP contribution < -0.4 is 0 Å². The third-order valence-electron chi connectivity index (χ3n) is 19.1. The minimum absolute atomic E-state index is 0.174. The van der Waals surface area contributed by atoms with Gasteiger partial charge in [-0.2, -0.15) is 105 Å². The molecule has 4 heterocycles. The summed E-state index contributed by atoms with van der Waals surface area (Å²) in [6.45, 7) is 13.1. The van der Waals surface area contributed by atoms with Crippen molar-refractivity contribution in [3.8, 4) is 0 Å². The fourth-order valence-electron chi connectivity index (χ4n) is 16.8. The molecular weight excluding hydrogens is 1160 g/mol. The summed E-state index contributed by atoms with van der Waals surface area (Å²) in [5.41, 5.74) is -16.3. The van der Waals surface area contributed by atoms with Gasteiger partial charge in [-0.05, 0) is 98.7 Å². The van der Waals surface area contributed by atoms with E-state index in [-0.39, 0.29) is 75.0 Å². The standard InChI is InChI=1S/4C12H12F6O2/c2*1-2-19-9-5-3-6-7(4-5)20-10(8(6)9,11(13,14)15)12(16,17)18;2*1-2-19-8-5-3-6-7(4-5)10(11(13,14)15,12(16,17)18)20-9(6)8/h4*2,5-9H,1,3-4H2/t4*5-,6+,7?,8?,9?/m1010/s1. The number of ether oxygens (including phenoxy) is 8. The maximum Gasteiger partial charge on any atom is 0.426 e. The molecule has 8 nitrogen and oxygen atoms in total. The predicted octanol–water partition coefficient (Wildman–Crippen LogP) is 13.7. The lowest BCUT2D eigenvalue weighted by Crippen LogP contribution is -2.62. The van der Waals surface area contributed by atoms with Crippen LogP contribution in [0, 0.1) is 71.0 Å². The van der Waals surface area contributed by atoms with Crippen molar-refractivity contribution in [1.82, 2.24) is 0 Å². The van der Waals surface area contributed by atoms with Crippen LogP contribution in [-0.4, -0.2) is 121 Å². The summed E-state index contributed by atoms with van der Waals surface area (Å²) < 4.78 is 355. The van der Waals surface area contributed by atoms with E-state index in [2.05, 4.69) is 45.3 Å². The quantitative estimate of drug-likeness (QED) is 0.176. The Balaban J connectivity index is 0.000000129. The Labute approximate surface area is 437 Å². The molecule has 32 heteroatoms. The van der Waals surface area contributed by atoms with E-state index >= 15 is 0 Å². The van der Waals surface area contributed by atoms with E-state index in [1.807, 2.05) is 0 Å². The molecule has 4 saturated heterocycles. The van der Waals surface area contributed by atoms with E-state index in [1.54, 1.807) is 0 Å². The molecular formula is C48H48F24O8. The van der Waals surface area contributed by atoms with Crippen LogP contribution in [0.2, 0.25) is 0 Å². The lowest BCUT2D eigenvalue weighted by Gasteiger charge is -2.39. The second-order valence-electron chi connectivity index (χ2n) is 22.3. The summed E-state index contributed by atoms with van der Waals surface area (Å²) in [7, 11) is 0. The minimum Gasteiger partial charge on any atom is -0.498 e. The van der Waals surface area contributed by atoms with Crippen LogP contribution in [0.15, 0.2) is 51.4 Å². The molecule has 0 aromatic rings. The average Bonchev–Trinajstić information content (AvgIpc) is 4.13. The Morgan fingerprint density at radius 1 is 0.300 bits per heavy atom. The van der Waals surface area contributed by atoms with Crippen molar-refractivity contribution in [2.45, 2.75) is 172 Å². The lowest BCUT2D eigenvalue weighted by atomic mass is 9.76. The zero-order valence-electron chi connectivity index (χ0n) is 40.7. The van der Waals surface area contributed by atoms with Gasteiger partial charge in [0.15, 0.2) is 0 Å². The predicted molar refractivity (Wildman–Crippen MR) is 218 cm³/mol. The summed E-state index contributed by atoms with van der Waals surface area (Å²) in [4.78, 5) is 0. The first-order valence-corrected chi connectivity index (χ1v) is 24.8. The molecule has 8 aliphatic carbocycles. The van der Waals surface area contributed by atoms with Crippen LogP contribution in [0.3, 0.4) is 0 Å². The summed E-state index contributed by atoms with van der Waals surface area (Å²) in [5, 5.41) is 0. The second kappa shape index (κ2) is 18.9. The molecule has 0 aromatic carbocycles. The Bertz CT molecular complexity index is 2130. The summed E-state index contributed by atoms with van der Waals surface area (Å²) >= 11 is 0.